The van der Waals surface area contributed by atoms with Crippen molar-refractivity contribution < 1.29 is 14.7 Å². The van der Waals surface area contributed by atoms with Crippen molar-refractivity contribution in [3.8, 4) is 0 Å². The maximum Gasteiger partial charge on any atom is 0.337 e. The number of aryl methyl sites for hydroxylation is 1. The molecule has 2 aromatic carbocycles. The van der Waals surface area contributed by atoms with Gasteiger partial charge in [-0.15, -0.1) is 0 Å². The van der Waals surface area contributed by atoms with E-state index >= 15 is 0 Å². The molecule has 2 N–H and O–H groups in total. The molecule has 4 heteroatoms. The second-order valence-corrected chi connectivity index (χ2v) is 6.65. The molecule has 0 saturated heterocycles. The van der Waals surface area contributed by atoms with Crippen LogP contribution in [-0.2, 0) is 0 Å². The highest BCUT2D eigenvalue weighted by molar-refractivity contribution is 6.03. The summed E-state index contributed by atoms with van der Waals surface area (Å²) in [6, 6.07) is 13.9. The first-order chi connectivity index (χ1) is 12.4. The Balaban J connectivity index is 1.99. The fraction of sp³-hybridized carbons (Fsp3) is 0.182. The first-order valence-corrected chi connectivity index (χ1v) is 8.49. The molecule has 0 bridgehead atoms. The quantitative estimate of drug-likeness (QED) is 0.782. The van der Waals surface area contributed by atoms with Gasteiger partial charge in [-0.25, -0.2) is 4.79 Å². The normalized spacial score (nSPS) is 21.4. The molecule has 0 aromatic heterocycles. The van der Waals surface area contributed by atoms with Crippen LogP contribution in [0.25, 0.3) is 0 Å². The van der Waals surface area contributed by atoms with Gasteiger partial charge >= 0.3 is 5.97 Å². The molecule has 0 aliphatic heterocycles. The monoisotopic (exact) mass is 347 g/mol. The number of carboxylic acid groups (broad SMARTS) is 1. The van der Waals surface area contributed by atoms with Crippen molar-refractivity contribution in [1.82, 2.24) is 0 Å². The summed E-state index contributed by atoms with van der Waals surface area (Å²) in [5.41, 5.74) is 1.36. The predicted octanol–water partition coefficient (Wildman–Crippen LogP) is 4.49. The van der Waals surface area contributed by atoms with Crippen LogP contribution in [0.3, 0.4) is 0 Å². The molecule has 0 fully saturated rings. The molecule has 1 aliphatic rings. The number of nitrogens with one attached hydrogen (secondary N) is 1. The van der Waals surface area contributed by atoms with Crippen LogP contribution in [0.4, 0.5) is 5.69 Å². The Kier molecular flexibility index (Phi) is 4.76. The zero-order valence-electron chi connectivity index (χ0n) is 14.8. The molecule has 3 rings (SSSR count). The van der Waals surface area contributed by atoms with Gasteiger partial charge in [-0.1, -0.05) is 66.8 Å². The zero-order valence-corrected chi connectivity index (χ0v) is 14.8. The van der Waals surface area contributed by atoms with Gasteiger partial charge in [-0.05, 0) is 25.5 Å². The number of allylic oxidation sites excluding steroid dienone is 2. The van der Waals surface area contributed by atoms with Gasteiger partial charge in [0.1, 0.15) is 0 Å². The molecule has 2 aromatic rings. The third-order valence-electron chi connectivity index (χ3n) is 4.83. The average molecular weight is 347 g/mol. The van der Waals surface area contributed by atoms with E-state index in [0.29, 0.717) is 11.3 Å². The molecule has 2 unspecified atom stereocenters. The lowest BCUT2D eigenvalue weighted by Crippen LogP contribution is -2.43. The fourth-order valence-corrected chi connectivity index (χ4v) is 3.24. The maximum absolute atomic E-state index is 13.2. The van der Waals surface area contributed by atoms with E-state index in [1.807, 2.05) is 62.4 Å². The lowest BCUT2D eigenvalue weighted by Gasteiger charge is -2.35. The van der Waals surface area contributed by atoms with Crippen molar-refractivity contribution >= 4 is 17.4 Å². The SMILES string of the molecule is Cc1cccc(C(=O)O)c1NC1C=CC=CC1(C)C(=O)c1ccccc1. The van der Waals surface area contributed by atoms with E-state index in [1.165, 1.54) is 0 Å². The number of hydrogen-bond acceptors (Lipinski definition) is 3. The minimum Gasteiger partial charge on any atom is -0.478 e. The Morgan fingerprint density at radius 1 is 1.04 bits per heavy atom. The van der Waals surface area contributed by atoms with E-state index in [0.717, 1.165) is 5.56 Å². The van der Waals surface area contributed by atoms with Crippen molar-refractivity contribution in [3.05, 3.63) is 89.5 Å². The average Bonchev–Trinajstić information content (AvgIpc) is 2.65. The number of carboxylic acids is 1. The van der Waals surface area contributed by atoms with Gasteiger partial charge in [-0.3, -0.25) is 4.79 Å². The molecule has 0 radical (unpaired) electrons. The van der Waals surface area contributed by atoms with Crippen LogP contribution in [-0.4, -0.2) is 22.9 Å². The summed E-state index contributed by atoms with van der Waals surface area (Å²) >= 11 is 0. The Morgan fingerprint density at radius 2 is 1.77 bits per heavy atom. The number of aromatic carboxylic acids is 1. The van der Waals surface area contributed by atoms with E-state index in [1.54, 1.807) is 24.3 Å². The van der Waals surface area contributed by atoms with Gasteiger partial charge in [0.15, 0.2) is 5.78 Å². The van der Waals surface area contributed by atoms with Crippen molar-refractivity contribution in [2.45, 2.75) is 19.9 Å². The van der Waals surface area contributed by atoms with Crippen molar-refractivity contribution in [1.29, 1.82) is 0 Å². The lowest BCUT2D eigenvalue weighted by molar-refractivity contribution is 0.0697. The summed E-state index contributed by atoms with van der Waals surface area (Å²) in [4.78, 5) is 24.8. The van der Waals surface area contributed by atoms with Crippen molar-refractivity contribution in [2.75, 3.05) is 5.32 Å². The smallest absolute Gasteiger partial charge is 0.337 e. The lowest BCUT2D eigenvalue weighted by atomic mass is 9.73. The highest BCUT2D eigenvalue weighted by Gasteiger charge is 2.39. The molecular formula is C22H21NO3. The summed E-state index contributed by atoms with van der Waals surface area (Å²) in [5.74, 6) is -1.01. The van der Waals surface area contributed by atoms with Gasteiger partial charge in [0.2, 0.25) is 0 Å². The predicted molar refractivity (Wildman–Crippen MR) is 103 cm³/mol. The summed E-state index contributed by atoms with van der Waals surface area (Å²) in [6.07, 6.45) is 7.50. The standard InChI is InChI=1S/C22H21NO3/c1-15-9-8-12-17(21(25)26)19(15)23-18-13-6-7-14-22(18,2)20(24)16-10-4-3-5-11-16/h3-14,18,23H,1-2H3,(H,25,26). The largest absolute Gasteiger partial charge is 0.478 e. The van der Waals surface area contributed by atoms with Gasteiger partial charge in [0.05, 0.1) is 22.7 Å². The molecular weight excluding hydrogens is 326 g/mol. The van der Waals surface area contributed by atoms with Crippen LogP contribution in [0.1, 0.15) is 33.2 Å². The van der Waals surface area contributed by atoms with E-state index in [-0.39, 0.29) is 17.4 Å². The van der Waals surface area contributed by atoms with Crippen molar-refractivity contribution in [3.63, 3.8) is 0 Å². The number of benzene rings is 2. The Morgan fingerprint density at radius 3 is 2.46 bits per heavy atom. The van der Waals surface area contributed by atoms with Crippen LogP contribution in [0.15, 0.2) is 72.8 Å². The molecule has 132 valence electrons. The molecule has 2 atom stereocenters. The van der Waals surface area contributed by atoms with Crippen LogP contribution in [0.2, 0.25) is 0 Å². The molecule has 1 aliphatic carbocycles. The molecule has 0 saturated carbocycles. The van der Waals surface area contributed by atoms with Gasteiger partial charge < -0.3 is 10.4 Å². The molecule has 4 nitrogen and oxygen atoms in total. The van der Waals surface area contributed by atoms with Crippen LogP contribution in [0.5, 0.6) is 0 Å². The number of carbonyl (C=O) groups is 2. The number of hydrogen-bond donors (Lipinski definition) is 2. The van der Waals surface area contributed by atoms with E-state index in [4.69, 9.17) is 0 Å². The highest BCUT2D eigenvalue weighted by Crippen LogP contribution is 2.35. The number of rotatable bonds is 5. The van der Waals surface area contributed by atoms with Crippen LogP contribution >= 0.6 is 0 Å². The van der Waals surface area contributed by atoms with Crippen LogP contribution < -0.4 is 5.32 Å². The third kappa shape index (κ3) is 3.18. The summed E-state index contributed by atoms with van der Waals surface area (Å²) in [5, 5.41) is 12.8. The zero-order chi connectivity index (χ0) is 18.7. The Labute approximate surface area is 152 Å². The summed E-state index contributed by atoms with van der Waals surface area (Å²) < 4.78 is 0. The first-order valence-electron chi connectivity index (χ1n) is 8.49. The number of para-hydroxylation sites is 1. The fourth-order valence-electron chi connectivity index (χ4n) is 3.24. The number of carbonyl (C=O) groups excluding carboxylic acids is 1. The van der Waals surface area contributed by atoms with E-state index < -0.39 is 11.4 Å². The topological polar surface area (TPSA) is 66.4 Å². The second kappa shape index (κ2) is 7.00. The van der Waals surface area contributed by atoms with E-state index in [9.17, 15) is 14.7 Å². The Hall–Kier alpha value is -3.14. The minimum absolute atomic E-state index is 0.0124. The Bertz CT molecular complexity index is 899. The number of ketones is 1. The first kappa shape index (κ1) is 17.7. The minimum atomic E-state index is -0.998. The molecule has 0 heterocycles. The second-order valence-electron chi connectivity index (χ2n) is 6.65. The van der Waals surface area contributed by atoms with Crippen molar-refractivity contribution in [2.24, 2.45) is 5.41 Å². The number of Topliss-reactive ketones (excluding diaryl/α,β-unsaturated/α-hetero) is 1. The molecule has 26 heavy (non-hydrogen) atoms. The highest BCUT2D eigenvalue weighted by atomic mass is 16.4. The van der Waals surface area contributed by atoms with Gasteiger partial charge in [0, 0.05) is 5.56 Å². The molecule has 0 amide bonds. The molecule has 0 spiro atoms. The third-order valence-corrected chi connectivity index (χ3v) is 4.83. The summed E-state index contributed by atoms with van der Waals surface area (Å²) in [6.45, 7) is 3.73. The van der Waals surface area contributed by atoms with Crippen LogP contribution in [0, 0.1) is 12.3 Å². The number of anilines is 1. The van der Waals surface area contributed by atoms with Gasteiger partial charge in [0.25, 0.3) is 0 Å². The maximum atomic E-state index is 13.2. The van der Waals surface area contributed by atoms with Gasteiger partial charge in [-0.2, -0.15) is 0 Å². The summed E-state index contributed by atoms with van der Waals surface area (Å²) in [7, 11) is 0. The van der Waals surface area contributed by atoms with E-state index in [2.05, 4.69) is 5.32 Å².